The molecule has 0 amide bonds. The molecule has 2 heterocycles. The zero-order valence-electron chi connectivity index (χ0n) is 14.8. The Balaban J connectivity index is 1.68. The van der Waals surface area contributed by atoms with Crippen LogP contribution in [0.25, 0.3) is 0 Å². The molecule has 0 radical (unpaired) electrons. The van der Waals surface area contributed by atoms with Crippen molar-refractivity contribution in [2.45, 2.75) is 39.2 Å². The van der Waals surface area contributed by atoms with Crippen molar-refractivity contribution >= 4 is 11.7 Å². The van der Waals surface area contributed by atoms with Gasteiger partial charge in [-0.05, 0) is 30.5 Å². The Bertz CT molecular complexity index is 848. The molecule has 0 fully saturated rings. The molecule has 0 saturated heterocycles. The molecule has 1 aliphatic heterocycles. The second-order valence-electron chi connectivity index (χ2n) is 6.34. The number of hydrogen-bond donors (Lipinski definition) is 0. The highest BCUT2D eigenvalue weighted by molar-refractivity contribution is 5.97. The normalized spacial score (nSPS) is 13.9. The van der Waals surface area contributed by atoms with Crippen molar-refractivity contribution < 1.29 is 18.3 Å². The first-order chi connectivity index (χ1) is 12.5. The number of pyridine rings is 1. The Morgan fingerprint density at radius 1 is 1.27 bits per heavy atom. The van der Waals surface area contributed by atoms with Crippen LogP contribution in [0.1, 0.15) is 48.6 Å². The zero-order chi connectivity index (χ0) is 18.7. The minimum atomic E-state index is -0.483. The Hall–Kier alpha value is -2.63. The van der Waals surface area contributed by atoms with Gasteiger partial charge in [0.2, 0.25) is 5.90 Å². The van der Waals surface area contributed by atoms with E-state index in [0.29, 0.717) is 23.6 Å². The van der Waals surface area contributed by atoms with E-state index in [-0.39, 0.29) is 42.6 Å². The first-order valence-electron chi connectivity index (χ1n) is 8.60. The number of Topliss-reactive ketones (excluding diaryl/α,β-unsaturated/α-hetero) is 1. The second kappa shape index (κ2) is 7.72. The number of carbonyl (C=O) groups is 1. The quantitative estimate of drug-likeness (QED) is 0.785. The molecule has 0 N–H and O–H groups in total. The highest BCUT2D eigenvalue weighted by atomic mass is 19.1. The highest BCUT2D eigenvalue weighted by Crippen LogP contribution is 2.25. The molecule has 26 heavy (non-hydrogen) atoms. The maximum atomic E-state index is 14.7. The highest BCUT2D eigenvalue weighted by Gasteiger charge is 2.25. The van der Waals surface area contributed by atoms with Gasteiger partial charge in [-0.3, -0.25) is 9.78 Å². The first-order valence-corrected chi connectivity index (χ1v) is 8.60. The van der Waals surface area contributed by atoms with Gasteiger partial charge in [0.05, 0.1) is 30.8 Å². The fraction of sp³-hybridized carbons (Fsp3) is 0.350. The third-order valence-electron chi connectivity index (χ3n) is 4.42. The molecular formula is C20H20F2N2O2. The number of nitrogens with zero attached hydrogens (tertiary/aromatic N) is 2. The van der Waals surface area contributed by atoms with Crippen LogP contribution in [0.3, 0.4) is 0 Å². The molecule has 1 aliphatic rings. The van der Waals surface area contributed by atoms with Gasteiger partial charge < -0.3 is 4.74 Å². The summed E-state index contributed by atoms with van der Waals surface area (Å²) in [6.07, 6.45) is 1.69. The topological polar surface area (TPSA) is 51.6 Å². The minimum absolute atomic E-state index is 0.0748. The Morgan fingerprint density at radius 2 is 2.00 bits per heavy atom. The van der Waals surface area contributed by atoms with Gasteiger partial charge in [-0.25, -0.2) is 13.8 Å². The van der Waals surface area contributed by atoms with Crippen LogP contribution in [0, 0.1) is 11.6 Å². The molecule has 136 valence electrons. The fourth-order valence-electron chi connectivity index (χ4n) is 3.04. The van der Waals surface area contributed by atoms with E-state index in [1.54, 1.807) is 12.1 Å². The average Bonchev–Trinajstić information content (AvgIpc) is 3.02. The molecule has 0 saturated carbocycles. The number of benzene rings is 1. The molecule has 0 aliphatic carbocycles. The van der Waals surface area contributed by atoms with Gasteiger partial charge in [-0.2, -0.15) is 0 Å². The SMILES string of the molecule is CCOC1=NCc2c1cnc(CC(=O)C[C@H](C)c1ccc(F)cc1)c2F. The lowest BCUT2D eigenvalue weighted by Gasteiger charge is -2.12. The summed E-state index contributed by atoms with van der Waals surface area (Å²) in [4.78, 5) is 20.6. The summed E-state index contributed by atoms with van der Waals surface area (Å²) >= 11 is 0. The summed E-state index contributed by atoms with van der Waals surface area (Å²) in [5.74, 6) is -0.587. The van der Waals surface area contributed by atoms with E-state index >= 15 is 0 Å². The molecule has 3 rings (SSSR count). The van der Waals surface area contributed by atoms with E-state index < -0.39 is 5.82 Å². The average molecular weight is 358 g/mol. The van der Waals surface area contributed by atoms with E-state index in [4.69, 9.17) is 4.74 Å². The lowest BCUT2D eigenvalue weighted by molar-refractivity contribution is -0.118. The molecule has 1 atom stereocenters. The van der Waals surface area contributed by atoms with Crippen molar-refractivity contribution in [3.63, 3.8) is 0 Å². The maximum Gasteiger partial charge on any atom is 0.218 e. The monoisotopic (exact) mass is 358 g/mol. The lowest BCUT2D eigenvalue weighted by atomic mass is 9.94. The van der Waals surface area contributed by atoms with Gasteiger partial charge in [0.1, 0.15) is 11.6 Å². The number of rotatable bonds is 6. The number of aliphatic imine (C=N–C) groups is 1. The number of halogens is 2. The standard InChI is InChI=1S/C20H20F2N2O2/c1-3-26-20-17-11-23-18(19(22)16(17)10-24-20)9-15(25)8-12(2)13-4-6-14(21)7-5-13/h4-7,11-12H,3,8-10H2,1-2H3/t12-/m0/s1. The summed E-state index contributed by atoms with van der Waals surface area (Å²) in [6, 6.07) is 6.06. The number of ether oxygens (including phenoxy) is 1. The van der Waals surface area contributed by atoms with Gasteiger partial charge in [0.25, 0.3) is 0 Å². The van der Waals surface area contributed by atoms with E-state index in [2.05, 4.69) is 9.98 Å². The number of fused-ring (bicyclic) bond motifs is 1. The molecule has 0 bridgehead atoms. The Labute approximate surface area is 150 Å². The summed E-state index contributed by atoms with van der Waals surface area (Å²) in [6.45, 7) is 4.37. The van der Waals surface area contributed by atoms with E-state index in [1.165, 1.54) is 18.3 Å². The Kier molecular flexibility index (Phi) is 5.40. The lowest BCUT2D eigenvalue weighted by Crippen LogP contribution is -2.13. The van der Waals surface area contributed by atoms with Crippen LogP contribution in [-0.4, -0.2) is 23.3 Å². The summed E-state index contributed by atoms with van der Waals surface area (Å²) in [7, 11) is 0. The van der Waals surface area contributed by atoms with Crippen molar-refractivity contribution in [3.05, 3.63) is 64.5 Å². The van der Waals surface area contributed by atoms with E-state index in [9.17, 15) is 13.6 Å². The molecule has 1 aromatic carbocycles. The van der Waals surface area contributed by atoms with E-state index in [1.807, 2.05) is 13.8 Å². The van der Waals surface area contributed by atoms with Crippen molar-refractivity contribution in [2.24, 2.45) is 4.99 Å². The van der Waals surface area contributed by atoms with E-state index in [0.717, 1.165) is 5.56 Å². The molecular weight excluding hydrogens is 338 g/mol. The first kappa shape index (κ1) is 18.2. The fourth-order valence-corrected chi connectivity index (χ4v) is 3.04. The van der Waals surface area contributed by atoms with Crippen LogP contribution >= 0.6 is 0 Å². The van der Waals surface area contributed by atoms with Crippen LogP contribution < -0.4 is 0 Å². The number of hydrogen-bond acceptors (Lipinski definition) is 4. The third-order valence-corrected chi connectivity index (χ3v) is 4.42. The maximum absolute atomic E-state index is 14.7. The van der Waals surface area contributed by atoms with Crippen molar-refractivity contribution in [1.29, 1.82) is 0 Å². The van der Waals surface area contributed by atoms with Gasteiger partial charge in [-0.1, -0.05) is 19.1 Å². The van der Waals surface area contributed by atoms with Crippen LogP contribution in [-0.2, 0) is 22.5 Å². The van der Waals surface area contributed by atoms with Gasteiger partial charge >= 0.3 is 0 Å². The van der Waals surface area contributed by atoms with Crippen molar-refractivity contribution in [3.8, 4) is 0 Å². The summed E-state index contributed by atoms with van der Waals surface area (Å²) < 4.78 is 33.0. The molecule has 0 spiro atoms. The second-order valence-corrected chi connectivity index (χ2v) is 6.34. The van der Waals surface area contributed by atoms with Crippen LogP contribution in [0.4, 0.5) is 8.78 Å². The van der Waals surface area contributed by atoms with Crippen LogP contribution in [0.15, 0.2) is 35.5 Å². The summed E-state index contributed by atoms with van der Waals surface area (Å²) in [5.41, 5.74) is 1.99. The predicted octanol–water partition coefficient (Wildman–Crippen LogP) is 3.96. The molecule has 0 unspecified atom stereocenters. The Morgan fingerprint density at radius 3 is 2.69 bits per heavy atom. The molecule has 6 heteroatoms. The van der Waals surface area contributed by atoms with Crippen LogP contribution in [0.5, 0.6) is 0 Å². The van der Waals surface area contributed by atoms with Crippen LogP contribution in [0.2, 0.25) is 0 Å². The van der Waals surface area contributed by atoms with Gasteiger partial charge in [0, 0.05) is 18.2 Å². The number of ketones is 1. The molecule has 1 aromatic heterocycles. The predicted molar refractivity (Wildman–Crippen MR) is 94.2 cm³/mol. The smallest absolute Gasteiger partial charge is 0.218 e. The van der Waals surface area contributed by atoms with Crippen molar-refractivity contribution in [2.75, 3.05) is 6.61 Å². The van der Waals surface area contributed by atoms with Gasteiger partial charge in [-0.15, -0.1) is 0 Å². The molecule has 2 aromatic rings. The number of carbonyl (C=O) groups excluding carboxylic acids is 1. The largest absolute Gasteiger partial charge is 0.478 e. The molecule has 4 nitrogen and oxygen atoms in total. The third kappa shape index (κ3) is 3.79. The minimum Gasteiger partial charge on any atom is -0.478 e. The zero-order valence-corrected chi connectivity index (χ0v) is 14.8. The van der Waals surface area contributed by atoms with Gasteiger partial charge in [0.15, 0.2) is 5.82 Å². The van der Waals surface area contributed by atoms with Crippen molar-refractivity contribution in [1.82, 2.24) is 4.98 Å². The number of aromatic nitrogens is 1. The summed E-state index contributed by atoms with van der Waals surface area (Å²) in [5, 5.41) is 0.